The molecule has 16 heavy (non-hydrogen) atoms. The molecule has 1 atom stereocenters. The molecule has 88 valence electrons. The fourth-order valence-corrected chi connectivity index (χ4v) is 2.17. The van der Waals surface area contributed by atoms with Crippen LogP contribution in [0.1, 0.15) is 18.5 Å². The van der Waals surface area contributed by atoms with Crippen LogP contribution in [0, 0.1) is 5.92 Å². The number of piperidine rings is 1. The zero-order valence-electron chi connectivity index (χ0n) is 9.34. The van der Waals surface area contributed by atoms with Crippen molar-refractivity contribution in [1.29, 1.82) is 0 Å². The van der Waals surface area contributed by atoms with Crippen LogP contribution in [0.15, 0.2) is 12.4 Å². The number of aromatic nitrogens is 2. The van der Waals surface area contributed by atoms with Gasteiger partial charge in [0.25, 0.3) is 0 Å². The van der Waals surface area contributed by atoms with Crippen molar-refractivity contribution in [2.75, 3.05) is 24.6 Å². The van der Waals surface area contributed by atoms with E-state index in [1.165, 1.54) is 0 Å². The number of aliphatic hydroxyl groups excluding tert-OH is 1. The molecule has 0 radical (unpaired) electrons. The summed E-state index contributed by atoms with van der Waals surface area (Å²) in [5, 5.41) is 9.19. The lowest BCUT2D eigenvalue weighted by atomic mass is 9.99. The van der Waals surface area contributed by atoms with Crippen LogP contribution in [0.3, 0.4) is 0 Å². The number of hydrogen-bond acceptors (Lipinski definition) is 5. The molecule has 0 saturated carbocycles. The van der Waals surface area contributed by atoms with Crippen molar-refractivity contribution >= 4 is 5.82 Å². The van der Waals surface area contributed by atoms with E-state index in [2.05, 4.69) is 14.9 Å². The minimum absolute atomic E-state index is 0.245. The van der Waals surface area contributed by atoms with Crippen molar-refractivity contribution < 1.29 is 5.11 Å². The van der Waals surface area contributed by atoms with Crippen molar-refractivity contribution in [3.63, 3.8) is 0 Å². The lowest BCUT2D eigenvalue weighted by Gasteiger charge is -2.33. The predicted molar refractivity (Wildman–Crippen MR) is 61.9 cm³/mol. The normalized spacial score (nSPS) is 21.1. The smallest absolute Gasteiger partial charge is 0.151 e. The first-order valence-electron chi connectivity index (χ1n) is 5.71. The van der Waals surface area contributed by atoms with Gasteiger partial charge in [0.2, 0.25) is 0 Å². The van der Waals surface area contributed by atoms with Crippen LogP contribution >= 0.6 is 0 Å². The molecular formula is C11H18N4O. The average Bonchev–Trinajstić information content (AvgIpc) is 2.38. The Bertz CT molecular complexity index is 345. The van der Waals surface area contributed by atoms with Gasteiger partial charge in [0, 0.05) is 38.6 Å². The van der Waals surface area contributed by atoms with E-state index in [4.69, 9.17) is 5.73 Å². The Morgan fingerprint density at radius 3 is 3.00 bits per heavy atom. The van der Waals surface area contributed by atoms with E-state index < -0.39 is 0 Å². The molecule has 3 N–H and O–H groups in total. The lowest BCUT2D eigenvalue weighted by Crippen LogP contribution is -2.38. The third kappa shape index (κ3) is 2.31. The Morgan fingerprint density at radius 2 is 2.25 bits per heavy atom. The third-order valence-corrected chi connectivity index (χ3v) is 3.02. The summed E-state index contributed by atoms with van der Waals surface area (Å²) < 4.78 is 0. The molecule has 2 heterocycles. The van der Waals surface area contributed by atoms with Gasteiger partial charge in [-0.2, -0.15) is 0 Å². The summed E-state index contributed by atoms with van der Waals surface area (Å²) in [5.74, 6) is 1.23. The first-order chi connectivity index (χ1) is 7.85. The predicted octanol–water partition coefficient (Wildman–Crippen LogP) is 0.144. The van der Waals surface area contributed by atoms with Crippen molar-refractivity contribution in [1.82, 2.24) is 9.97 Å². The molecule has 5 heteroatoms. The Hall–Kier alpha value is -1.20. The minimum atomic E-state index is 0.245. The van der Waals surface area contributed by atoms with Gasteiger partial charge in [0.05, 0.1) is 5.69 Å². The molecule has 1 aliphatic heterocycles. The third-order valence-electron chi connectivity index (χ3n) is 3.02. The lowest BCUT2D eigenvalue weighted by molar-refractivity contribution is 0.208. The molecule has 5 nitrogen and oxygen atoms in total. The molecule has 1 unspecified atom stereocenters. The van der Waals surface area contributed by atoms with Gasteiger partial charge in [0.1, 0.15) is 0 Å². The summed E-state index contributed by atoms with van der Waals surface area (Å²) in [6, 6.07) is 0. The van der Waals surface area contributed by atoms with Crippen molar-refractivity contribution in [2.24, 2.45) is 11.7 Å². The Kier molecular flexibility index (Phi) is 3.69. The second-order valence-corrected chi connectivity index (χ2v) is 4.17. The first-order valence-corrected chi connectivity index (χ1v) is 5.71. The highest BCUT2D eigenvalue weighted by molar-refractivity contribution is 5.43. The summed E-state index contributed by atoms with van der Waals surface area (Å²) >= 11 is 0. The monoisotopic (exact) mass is 222 g/mol. The van der Waals surface area contributed by atoms with E-state index in [1.54, 1.807) is 12.4 Å². The molecule has 0 aromatic carbocycles. The summed E-state index contributed by atoms with van der Waals surface area (Å²) in [6.45, 7) is 2.47. The Labute approximate surface area is 95.3 Å². The zero-order chi connectivity index (χ0) is 11.4. The number of nitrogens with zero attached hydrogens (tertiary/aromatic N) is 3. The van der Waals surface area contributed by atoms with Gasteiger partial charge < -0.3 is 15.7 Å². The van der Waals surface area contributed by atoms with Gasteiger partial charge >= 0.3 is 0 Å². The second-order valence-electron chi connectivity index (χ2n) is 4.17. The van der Waals surface area contributed by atoms with Gasteiger partial charge in [-0.05, 0) is 18.8 Å². The second kappa shape index (κ2) is 5.23. The summed E-state index contributed by atoms with van der Waals surface area (Å²) in [5.41, 5.74) is 6.48. The number of nitrogens with two attached hydrogens (primary N) is 1. The molecule has 1 aromatic rings. The fourth-order valence-electron chi connectivity index (χ4n) is 2.17. The average molecular weight is 222 g/mol. The molecule has 0 amide bonds. The fraction of sp³-hybridized carbons (Fsp3) is 0.636. The van der Waals surface area contributed by atoms with Crippen LogP contribution in [0.2, 0.25) is 0 Å². The van der Waals surface area contributed by atoms with E-state index in [1.807, 2.05) is 0 Å². The van der Waals surface area contributed by atoms with E-state index in [9.17, 15) is 5.11 Å². The summed E-state index contributed by atoms with van der Waals surface area (Å²) in [7, 11) is 0. The standard InChI is InChI=1S/C11H18N4O/c12-6-10-11(14-4-3-13-10)15-5-1-2-9(7-15)8-16/h3-4,9,16H,1-2,5-8,12H2. The molecule has 1 aliphatic rings. The van der Waals surface area contributed by atoms with Crippen LogP contribution in [-0.4, -0.2) is 34.8 Å². The number of aliphatic hydroxyl groups is 1. The van der Waals surface area contributed by atoms with Crippen LogP contribution < -0.4 is 10.6 Å². The van der Waals surface area contributed by atoms with Crippen molar-refractivity contribution in [2.45, 2.75) is 19.4 Å². The van der Waals surface area contributed by atoms with E-state index in [0.29, 0.717) is 12.5 Å². The topological polar surface area (TPSA) is 75.3 Å². The van der Waals surface area contributed by atoms with E-state index in [0.717, 1.165) is 37.4 Å². The molecular weight excluding hydrogens is 204 g/mol. The highest BCUT2D eigenvalue weighted by Crippen LogP contribution is 2.22. The molecule has 0 aliphatic carbocycles. The van der Waals surface area contributed by atoms with E-state index in [-0.39, 0.29) is 6.61 Å². The van der Waals surface area contributed by atoms with Crippen LogP contribution in [0.4, 0.5) is 5.82 Å². The molecule has 1 saturated heterocycles. The molecule has 1 aromatic heterocycles. The molecule has 2 rings (SSSR count). The quantitative estimate of drug-likeness (QED) is 0.761. The highest BCUT2D eigenvalue weighted by atomic mass is 16.3. The van der Waals surface area contributed by atoms with Crippen LogP contribution in [-0.2, 0) is 6.54 Å². The number of rotatable bonds is 3. The van der Waals surface area contributed by atoms with Crippen LogP contribution in [0.5, 0.6) is 0 Å². The largest absolute Gasteiger partial charge is 0.396 e. The molecule has 0 spiro atoms. The van der Waals surface area contributed by atoms with Crippen molar-refractivity contribution in [3.05, 3.63) is 18.1 Å². The van der Waals surface area contributed by atoms with Gasteiger partial charge in [-0.1, -0.05) is 0 Å². The summed E-state index contributed by atoms with van der Waals surface area (Å²) in [4.78, 5) is 10.8. The minimum Gasteiger partial charge on any atom is -0.396 e. The van der Waals surface area contributed by atoms with Crippen LogP contribution in [0.25, 0.3) is 0 Å². The molecule has 0 bridgehead atoms. The maximum Gasteiger partial charge on any atom is 0.151 e. The van der Waals surface area contributed by atoms with E-state index >= 15 is 0 Å². The van der Waals surface area contributed by atoms with Gasteiger partial charge in [0.15, 0.2) is 5.82 Å². The summed E-state index contributed by atoms with van der Waals surface area (Å²) in [6.07, 6.45) is 5.53. The van der Waals surface area contributed by atoms with Crippen molar-refractivity contribution in [3.8, 4) is 0 Å². The maximum absolute atomic E-state index is 9.19. The molecule has 1 fully saturated rings. The van der Waals surface area contributed by atoms with Gasteiger partial charge in [-0.25, -0.2) is 4.98 Å². The first kappa shape index (κ1) is 11.3. The van der Waals surface area contributed by atoms with Gasteiger partial charge in [-0.3, -0.25) is 4.98 Å². The Balaban J connectivity index is 2.16. The number of anilines is 1. The maximum atomic E-state index is 9.19. The number of hydrogen-bond donors (Lipinski definition) is 2. The Morgan fingerprint density at radius 1 is 1.44 bits per heavy atom. The highest BCUT2D eigenvalue weighted by Gasteiger charge is 2.21. The zero-order valence-corrected chi connectivity index (χ0v) is 9.34. The van der Waals surface area contributed by atoms with Gasteiger partial charge in [-0.15, -0.1) is 0 Å². The SMILES string of the molecule is NCc1nccnc1N1CCCC(CO)C1.